The van der Waals surface area contributed by atoms with Gasteiger partial charge in [-0.05, 0) is 49.1 Å². The van der Waals surface area contributed by atoms with Crippen LogP contribution in [0.1, 0.15) is 49.0 Å². The predicted molar refractivity (Wildman–Crippen MR) is 109 cm³/mol. The maximum atomic E-state index is 12.5. The van der Waals surface area contributed by atoms with Crippen LogP contribution in [0.2, 0.25) is 0 Å². The van der Waals surface area contributed by atoms with E-state index in [1.54, 1.807) is 25.1 Å². The molecule has 0 aliphatic heterocycles. The van der Waals surface area contributed by atoms with Crippen LogP contribution in [0, 0.1) is 0 Å². The zero-order valence-corrected chi connectivity index (χ0v) is 16.7. The first-order chi connectivity index (χ1) is 12.8. The Morgan fingerprint density at radius 2 is 1.78 bits per heavy atom. The highest BCUT2D eigenvalue weighted by atomic mass is 16.5. The molecule has 27 heavy (non-hydrogen) atoms. The van der Waals surface area contributed by atoms with E-state index in [0.717, 1.165) is 23.4 Å². The van der Waals surface area contributed by atoms with Crippen molar-refractivity contribution in [3.8, 4) is 0 Å². The fourth-order valence-electron chi connectivity index (χ4n) is 2.69. The number of nitrogens with one attached hydrogen (secondary N) is 1. The number of esters is 1. The van der Waals surface area contributed by atoms with Crippen molar-refractivity contribution in [3.05, 3.63) is 59.7 Å². The van der Waals surface area contributed by atoms with Gasteiger partial charge in [0.05, 0.1) is 5.56 Å². The molecule has 2 aromatic carbocycles. The Morgan fingerprint density at radius 1 is 1.07 bits per heavy atom. The standard InChI is InChI=1S/C22H28N2O3/c1-6-15(2)19-12-7-8-13-20(19)23-21(25)16(3)27-22(26)17-10-9-11-18(14-17)24(4)5/h7-16H,6H2,1-5H3,(H,23,25)/t15-,16+/m1/s1. The fourth-order valence-corrected chi connectivity index (χ4v) is 2.69. The second-order valence-corrected chi connectivity index (χ2v) is 6.88. The minimum absolute atomic E-state index is 0.327. The number of nitrogens with zero attached hydrogens (tertiary/aromatic N) is 1. The molecule has 0 saturated carbocycles. The number of hydrogen-bond acceptors (Lipinski definition) is 4. The summed E-state index contributed by atoms with van der Waals surface area (Å²) in [6.07, 6.45) is 0.0742. The third kappa shape index (κ3) is 5.33. The van der Waals surface area contributed by atoms with Gasteiger partial charge < -0.3 is 15.0 Å². The highest BCUT2D eigenvalue weighted by molar-refractivity contribution is 5.98. The van der Waals surface area contributed by atoms with Crippen LogP contribution in [0.3, 0.4) is 0 Å². The molecule has 1 N–H and O–H groups in total. The molecule has 2 aromatic rings. The van der Waals surface area contributed by atoms with Crippen molar-refractivity contribution in [3.63, 3.8) is 0 Å². The van der Waals surface area contributed by atoms with E-state index in [1.807, 2.05) is 49.3 Å². The first-order valence-corrected chi connectivity index (χ1v) is 9.21. The summed E-state index contributed by atoms with van der Waals surface area (Å²) in [5.41, 5.74) is 3.14. The number of ether oxygens (including phenoxy) is 1. The number of para-hydroxylation sites is 1. The summed E-state index contributed by atoms with van der Waals surface area (Å²) >= 11 is 0. The molecule has 5 heteroatoms. The van der Waals surface area contributed by atoms with Gasteiger partial charge >= 0.3 is 5.97 Å². The Labute approximate surface area is 161 Å². The van der Waals surface area contributed by atoms with Crippen molar-refractivity contribution in [1.29, 1.82) is 0 Å². The van der Waals surface area contributed by atoms with Crippen LogP contribution in [0.15, 0.2) is 48.5 Å². The van der Waals surface area contributed by atoms with E-state index >= 15 is 0 Å². The smallest absolute Gasteiger partial charge is 0.338 e. The minimum Gasteiger partial charge on any atom is -0.449 e. The maximum Gasteiger partial charge on any atom is 0.338 e. The summed E-state index contributed by atoms with van der Waals surface area (Å²) < 4.78 is 5.36. The molecule has 0 aliphatic carbocycles. The van der Waals surface area contributed by atoms with Crippen molar-refractivity contribution < 1.29 is 14.3 Å². The molecule has 0 fully saturated rings. The monoisotopic (exact) mass is 368 g/mol. The van der Waals surface area contributed by atoms with E-state index in [0.29, 0.717) is 11.5 Å². The zero-order valence-electron chi connectivity index (χ0n) is 16.7. The first kappa shape index (κ1) is 20.5. The van der Waals surface area contributed by atoms with Gasteiger partial charge in [-0.2, -0.15) is 0 Å². The SMILES string of the molecule is CC[C@@H](C)c1ccccc1NC(=O)[C@H](C)OC(=O)c1cccc(N(C)C)c1. The van der Waals surface area contributed by atoms with Gasteiger partial charge in [0.2, 0.25) is 0 Å². The van der Waals surface area contributed by atoms with Crippen LogP contribution in [0.4, 0.5) is 11.4 Å². The first-order valence-electron chi connectivity index (χ1n) is 9.21. The van der Waals surface area contributed by atoms with E-state index in [9.17, 15) is 9.59 Å². The molecule has 2 atom stereocenters. The largest absolute Gasteiger partial charge is 0.449 e. The normalized spacial score (nSPS) is 12.8. The summed E-state index contributed by atoms with van der Waals surface area (Å²) in [7, 11) is 3.80. The number of carbonyl (C=O) groups excluding carboxylic acids is 2. The highest BCUT2D eigenvalue weighted by Crippen LogP contribution is 2.26. The number of amides is 1. The number of benzene rings is 2. The topological polar surface area (TPSA) is 58.6 Å². The van der Waals surface area contributed by atoms with E-state index in [1.165, 1.54) is 0 Å². The quantitative estimate of drug-likeness (QED) is 0.734. The second kappa shape index (κ2) is 9.21. The Bertz CT molecular complexity index is 802. The van der Waals surface area contributed by atoms with Crippen molar-refractivity contribution >= 4 is 23.3 Å². The molecular formula is C22H28N2O3. The molecule has 5 nitrogen and oxygen atoms in total. The molecule has 0 unspecified atom stereocenters. The van der Waals surface area contributed by atoms with Crippen LogP contribution in [-0.4, -0.2) is 32.1 Å². The summed E-state index contributed by atoms with van der Waals surface area (Å²) in [6, 6.07) is 14.8. The van der Waals surface area contributed by atoms with Gasteiger partial charge in [-0.25, -0.2) is 4.79 Å². The van der Waals surface area contributed by atoms with Crippen molar-refractivity contribution in [2.75, 3.05) is 24.3 Å². The summed E-state index contributed by atoms with van der Waals surface area (Å²) in [6.45, 7) is 5.80. The molecule has 0 aliphatic rings. The highest BCUT2D eigenvalue weighted by Gasteiger charge is 2.21. The number of hydrogen-bond donors (Lipinski definition) is 1. The average molecular weight is 368 g/mol. The predicted octanol–water partition coefficient (Wildman–Crippen LogP) is 4.45. The lowest BCUT2D eigenvalue weighted by molar-refractivity contribution is -0.123. The number of carbonyl (C=O) groups is 2. The molecule has 0 heterocycles. The van der Waals surface area contributed by atoms with Crippen LogP contribution in [-0.2, 0) is 9.53 Å². The third-order valence-corrected chi connectivity index (χ3v) is 4.61. The molecule has 0 spiro atoms. The van der Waals surface area contributed by atoms with Crippen LogP contribution in [0.25, 0.3) is 0 Å². The van der Waals surface area contributed by atoms with Gasteiger partial charge in [0.15, 0.2) is 6.10 Å². The molecular weight excluding hydrogens is 340 g/mol. The third-order valence-electron chi connectivity index (χ3n) is 4.61. The molecule has 144 valence electrons. The van der Waals surface area contributed by atoms with E-state index < -0.39 is 12.1 Å². The Morgan fingerprint density at radius 3 is 2.44 bits per heavy atom. The summed E-state index contributed by atoms with van der Waals surface area (Å²) in [5.74, 6) is -0.535. The zero-order chi connectivity index (χ0) is 20.0. The molecule has 0 saturated heterocycles. The van der Waals surface area contributed by atoms with Gasteiger partial charge in [-0.15, -0.1) is 0 Å². The van der Waals surface area contributed by atoms with Crippen molar-refractivity contribution in [2.45, 2.75) is 39.2 Å². The van der Waals surface area contributed by atoms with Crippen LogP contribution >= 0.6 is 0 Å². The lowest BCUT2D eigenvalue weighted by atomic mass is 9.97. The molecule has 1 amide bonds. The van der Waals surface area contributed by atoms with Gasteiger partial charge in [0.1, 0.15) is 0 Å². The summed E-state index contributed by atoms with van der Waals surface area (Å²) in [5, 5.41) is 2.89. The van der Waals surface area contributed by atoms with E-state index in [2.05, 4.69) is 19.2 Å². The van der Waals surface area contributed by atoms with Crippen molar-refractivity contribution in [1.82, 2.24) is 0 Å². The maximum absolute atomic E-state index is 12.5. The van der Waals surface area contributed by atoms with Gasteiger partial charge in [0, 0.05) is 25.5 Å². The van der Waals surface area contributed by atoms with Gasteiger partial charge in [0.25, 0.3) is 5.91 Å². The second-order valence-electron chi connectivity index (χ2n) is 6.88. The molecule has 0 aromatic heterocycles. The summed E-state index contributed by atoms with van der Waals surface area (Å²) in [4.78, 5) is 26.8. The van der Waals surface area contributed by atoms with Crippen molar-refractivity contribution in [2.24, 2.45) is 0 Å². The number of anilines is 2. The van der Waals surface area contributed by atoms with Gasteiger partial charge in [-0.1, -0.05) is 38.1 Å². The molecule has 0 radical (unpaired) electrons. The molecule has 2 rings (SSSR count). The number of rotatable bonds is 7. The molecule has 0 bridgehead atoms. The van der Waals surface area contributed by atoms with Crippen LogP contribution < -0.4 is 10.2 Å². The Hall–Kier alpha value is -2.82. The lowest BCUT2D eigenvalue weighted by Crippen LogP contribution is -2.30. The van der Waals surface area contributed by atoms with Crippen LogP contribution in [0.5, 0.6) is 0 Å². The van der Waals surface area contributed by atoms with E-state index in [-0.39, 0.29) is 5.91 Å². The Kier molecular flexibility index (Phi) is 6.99. The lowest BCUT2D eigenvalue weighted by Gasteiger charge is -2.18. The fraction of sp³-hybridized carbons (Fsp3) is 0.364. The average Bonchev–Trinajstić information content (AvgIpc) is 2.67. The van der Waals surface area contributed by atoms with Gasteiger partial charge in [-0.3, -0.25) is 4.79 Å². The van der Waals surface area contributed by atoms with E-state index in [4.69, 9.17) is 4.74 Å². The minimum atomic E-state index is -0.898. The Balaban J connectivity index is 2.06.